The van der Waals surface area contributed by atoms with Gasteiger partial charge < -0.3 is 18.9 Å². The van der Waals surface area contributed by atoms with Crippen LogP contribution in [0.15, 0.2) is 47.4 Å². The maximum atomic E-state index is 12.7. The summed E-state index contributed by atoms with van der Waals surface area (Å²) in [4.78, 5) is 34.6. The molecular formula is C19H19NO9S. The number of ether oxygens (including phenoxy) is 4. The quantitative estimate of drug-likeness (QED) is 0.483. The van der Waals surface area contributed by atoms with Gasteiger partial charge in [0.2, 0.25) is 0 Å². The van der Waals surface area contributed by atoms with Crippen molar-refractivity contribution in [2.45, 2.75) is 4.90 Å². The number of anilines is 1. The minimum absolute atomic E-state index is 0.0374. The van der Waals surface area contributed by atoms with Crippen molar-refractivity contribution in [2.75, 3.05) is 32.7 Å². The van der Waals surface area contributed by atoms with Gasteiger partial charge >= 0.3 is 17.9 Å². The van der Waals surface area contributed by atoms with Crippen LogP contribution in [0.25, 0.3) is 0 Å². The molecule has 11 heteroatoms. The van der Waals surface area contributed by atoms with E-state index in [9.17, 15) is 22.8 Å². The first-order valence-corrected chi connectivity index (χ1v) is 9.82. The predicted molar refractivity (Wildman–Crippen MR) is 104 cm³/mol. The van der Waals surface area contributed by atoms with Crippen molar-refractivity contribution in [1.82, 2.24) is 0 Å². The molecule has 0 spiro atoms. The Morgan fingerprint density at radius 3 is 1.83 bits per heavy atom. The average Bonchev–Trinajstić information content (AvgIpc) is 2.75. The summed E-state index contributed by atoms with van der Waals surface area (Å²) >= 11 is 0. The Morgan fingerprint density at radius 1 is 0.833 bits per heavy atom. The molecule has 0 unspecified atom stereocenters. The van der Waals surface area contributed by atoms with Crippen LogP contribution in [0.5, 0.6) is 5.75 Å². The van der Waals surface area contributed by atoms with Gasteiger partial charge in [-0.25, -0.2) is 22.8 Å². The van der Waals surface area contributed by atoms with Crippen LogP contribution in [0.3, 0.4) is 0 Å². The molecule has 0 aliphatic heterocycles. The Morgan fingerprint density at radius 2 is 1.37 bits per heavy atom. The third-order valence-corrected chi connectivity index (χ3v) is 5.14. The number of methoxy groups -OCH3 is 3. The zero-order chi connectivity index (χ0) is 22.3. The second kappa shape index (κ2) is 9.74. The lowest BCUT2D eigenvalue weighted by Gasteiger charge is -2.12. The van der Waals surface area contributed by atoms with E-state index in [1.807, 2.05) is 0 Å². The highest BCUT2D eigenvalue weighted by Crippen LogP contribution is 2.22. The molecule has 0 amide bonds. The van der Waals surface area contributed by atoms with E-state index >= 15 is 0 Å². The van der Waals surface area contributed by atoms with Gasteiger partial charge in [0.05, 0.1) is 43.0 Å². The Bertz CT molecular complexity index is 1010. The van der Waals surface area contributed by atoms with Crippen LogP contribution in [0.4, 0.5) is 5.69 Å². The fraction of sp³-hybridized carbons (Fsp3) is 0.211. The minimum atomic E-state index is -4.07. The summed E-state index contributed by atoms with van der Waals surface area (Å²) in [6.45, 7) is -0.322. The Labute approximate surface area is 172 Å². The van der Waals surface area contributed by atoms with E-state index < -0.39 is 27.9 Å². The number of carbonyl (C=O) groups is 3. The summed E-state index contributed by atoms with van der Waals surface area (Å²) in [5, 5.41) is 0. The lowest BCUT2D eigenvalue weighted by molar-refractivity contribution is -0.142. The highest BCUT2D eigenvalue weighted by Gasteiger charge is 2.19. The summed E-state index contributed by atoms with van der Waals surface area (Å²) in [5.74, 6) is -1.83. The fourth-order valence-electron chi connectivity index (χ4n) is 2.29. The van der Waals surface area contributed by atoms with Crippen LogP contribution < -0.4 is 9.46 Å². The number of benzene rings is 2. The number of esters is 3. The first kappa shape index (κ1) is 22.7. The van der Waals surface area contributed by atoms with Crippen molar-refractivity contribution >= 4 is 33.6 Å². The highest BCUT2D eigenvalue weighted by atomic mass is 32.2. The van der Waals surface area contributed by atoms with Gasteiger partial charge in [-0.3, -0.25) is 4.72 Å². The molecule has 0 saturated carbocycles. The zero-order valence-electron chi connectivity index (χ0n) is 16.3. The fourth-order valence-corrected chi connectivity index (χ4v) is 3.33. The third-order valence-electron chi connectivity index (χ3n) is 3.75. The number of hydrogen-bond donors (Lipinski definition) is 1. The van der Waals surface area contributed by atoms with Gasteiger partial charge in [0.1, 0.15) is 5.75 Å². The molecule has 0 saturated heterocycles. The lowest BCUT2D eigenvalue weighted by Crippen LogP contribution is -2.15. The number of carbonyl (C=O) groups excluding carboxylic acids is 3. The first-order valence-electron chi connectivity index (χ1n) is 8.34. The highest BCUT2D eigenvalue weighted by molar-refractivity contribution is 7.92. The van der Waals surface area contributed by atoms with E-state index in [0.717, 1.165) is 14.2 Å². The van der Waals surface area contributed by atoms with Gasteiger partial charge in [-0.05, 0) is 42.5 Å². The maximum Gasteiger partial charge on any atom is 0.343 e. The lowest BCUT2D eigenvalue weighted by atomic mass is 10.1. The average molecular weight is 437 g/mol. The molecule has 0 aromatic heterocycles. The van der Waals surface area contributed by atoms with Crippen LogP contribution >= 0.6 is 0 Å². The normalized spacial score (nSPS) is 10.6. The van der Waals surface area contributed by atoms with Gasteiger partial charge in [0.15, 0.2) is 6.61 Å². The first-order chi connectivity index (χ1) is 14.2. The van der Waals surface area contributed by atoms with Crippen LogP contribution in [-0.2, 0) is 29.0 Å². The molecule has 30 heavy (non-hydrogen) atoms. The van der Waals surface area contributed by atoms with Gasteiger partial charge in [-0.1, -0.05) is 0 Å². The molecule has 0 atom stereocenters. The molecule has 2 aromatic rings. The Hall–Kier alpha value is -3.60. The molecule has 0 aliphatic rings. The summed E-state index contributed by atoms with van der Waals surface area (Å²) in [5.41, 5.74) is -0.112. The summed E-state index contributed by atoms with van der Waals surface area (Å²) in [7, 11) is -0.543. The van der Waals surface area contributed by atoms with E-state index in [0.29, 0.717) is 0 Å². The zero-order valence-corrected chi connectivity index (χ0v) is 17.1. The second-order valence-corrected chi connectivity index (χ2v) is 7.41. The van der Waals surface area contributed by atoms with E-state index in [1.165, 1.54) is 49.6 Å². The maximum absolute atomic E-state index is 12.7. The number of sulfonamides is 1. The largest absolute Gasteiger partial charge is 0.482 e. The molecule has 0 fully saturated rings. The van der Waals surface area contributed by atoms with Crippen molar-refractivity contribution in [3.63, 3.8) is 0 Å². The summed E-state index contributed by atoms with van der Waals surface area (Å²) in [6, 6.07) is 8.93. The van der Waals surface area contributed by atoms with Crippen molar-refractivity contribution in [3.05, 3.63) is 53.6 Å². The molecule has 160 valence electrons. The van der Waals surface area contributed by atoms with Gasteiger partial charge in [-0.15, -0.1) is 0 Å². The number of hydrogen-bond acceptors (Lipinski definition) is 9. The van der Waals surface area contributed by atoms with E-state index in [2.05, 4.69) is 18.9 Å². The van der Waals surface area contributed by atoms with Crippen molar-refractivity contribution < 1.29 is 41.7 Å². The van der Waals surface area contributed by atoms with Crippen molar-refractivity contribution in [3.8, 4) is 5.75 Å². The van der Waals surface area contributed by atoms with Crippen LogP contribution in [0, 0.1) is 0 Å². The van der Waals surface area contributed by atoms with Crippen LogP contribution in [0.2, 0.25) is 0 Å². The third kappa shape index (κ3) is 5.70. The Kier molecular flexibility index (Phi) is 7.37. The van der Waals surface area contributed by atoms with Crippen LogP contribution in [-0.4, -0.2) is 54.3 Å². The molecule has 10 nitrogen and oxygen atoms in total. The molecule has 0 bridgehead atoms. The summed E-state index contributed by atoms with van der Waals surface area (Å²) in [6.07, 6.45) is 0. The SMILES string of the molecule is COC(=O)COc1ccc(S(=O)(=O)Nc2cc(C(=O)OC)cc(C(=O)OC)c2)cc1. The van der Waals surface area contributed by atoms with Crippen molar-refractivity contribution in [2.24, 2.45) is 0 Å². The number of nitrogens with one attached hydrogen (secondary N) is 1. The summed E-state index contributed by atoms with van der Waals surface area (Å²) < 4.78 is 46.5. The number of rotatable bonds is 8. The van der Waals surface area contributed by atoms with E-state index in [1.54, 1.807) is 0 Å². The molecule has 2 aromatic carbocycles. The van der Waals surface area contributed by atoms with Gasteiger partial charge in [0.25, 0.3) is 10.0 Å². The molecule has 0 heterocycles. The second-order valence-electron chi connectivity index (χ2n) is 5.72. The van der Waals surface area contributed by atoms with Gasteiger partial charge in [0, 0.05) is 0 Å². The molecule has 2 rings (SSSR count). The monoisotopic (exact) mass is 437 g/mol. The predicted octanol–water partition coefficient (Wildman–Crippen LogP) is 1.61. The molecular weight excluding hydrogens is 418 g/mol. The smallest absolute Gasteiger partial charge is 0.343 e. The Balaban J connectivity index is 2.28. The van der Waals surface area contributed by atoms with E-state index in [4.69, 9.17) is 4.74 Å². The van der Waals surface area contributed by atoms with E-state index in [-0.39, 0.29) is 34.1 Å². The van der Waals surface area contributed by atoms with Crippen molar-refractivity contribution in [1.29, 1.82) is 0 Å². The van der Waals surface area contributed by atoms with Gasteiger partial charge in [-0.2, -0.15) is 0 Å². The standard InChI is InChI=1S/C19H19NO9S/c1-26-17(21)11-29-15-4-6-16(7-5-15)30(24,25)20-14-9-12(18(22)27-2)8-13(10-14)19(23)28-3/h4-10,20H,11H2,1-3H3. The topological polar surface area (TPSA) is 134 Å². The minimum Gasteiger partial charge on any atom is -0.482 e. The molecule has 0 radical (unpaired) electrons. The van der Waals surface area contributed by atoms with Crippen LogP contribution in [0.1, 0.15) is 20.7 Å². The molecule has 0 aliphatic carbocycles. The molecule has 1 N–H and O–H groups in total.